The fourth-order valence-corrected chi connectivity index (χ4v) is 3.56. The molecule has 0 radical (unpaired) electrons. The molecule has 0 aliphatic rings. The van der Waals surface area contributed by atoms with E-state index in [2.05, 4.69) is 44.2 Å². The van der Waals surface area contributed by atoms with Crippen molar-refractivity contribution in [2.75, 3.05) is 18.5 Å². The molecule has 33 heavy (non-hydrogen) atoms. The van der Waals surface area contributed by atoms with Crippen LogP contribution in [0.25, 0.3) is 17.2 Å². The lowest BCUT2D eigenvalue weighted by atomic mass is 10.2. The Hall–Kier alpha value is -2.65. The third kappa shape index (κ3) is 7.16. The zero-order valence-corrected chi connectivity index (χ0v) is 22.1. The highest BCUT2D eigenvalue weighted by atomic mass is 28.4. The van der Waals surface area contributed by atoms with Gasteiger partial charge in [-0.1, -0.05) is 32.9 Å². The summed E-state index contributed by atoms with van der Waals surface area (Å²) in [5.41, 5.74) is 0.762. The van der Waals surface area contributed by atoms with Gasteiger partial charge >= 0.3 is 12.1 Å². The Balaban J connectivity index is 2.29. The number of nitrogens with one attached hydrogen (secondary N) is 1. The molecule has 1 N–H and O–H groups in total. The molecule has 0 fully saturated rings. The minimum atomic E-state index is -1.83. The van der Waals surface area contributed by atoms with Gasteiger partial charge in [0.15, 0.2) is 13.9 Å². The normalized spacial score (nSPS) is 12.9. The van der Waals surface area contributed by atoms with Crippen LogP contribution in [0.5, 0.6) is 0 Å². The molecule has 8 nitrogen and oxygen atoms in total. The summed E-state index contributed by atoms with van der Waals surface area (Å²) in [5.74, 6) is -0.700. The van der Waals surface area contributed by atoms with Crippen molar-refractivity contribution in [3.05, 3.63) is 29.5 Å². The smallest absolute Gasteiger partial charge is 0.414 e. The number of hydrogen-bond donors (Lipinski definition) is 1. The first kappa shape index (κ1) is 26.6. The number of aromatic nitrogens is 1. The van der Waals surface area contributed by atoms with Crippen LogP contribution >= 0.6 is 0 Å². The van der Waals surface area contributed by atoms with Crippen LogP contribution in [0.1, 0.15) is 64.4 Å². The summed E-state index contributed by atoms with van der Waals surface area (Å²) in [7, 11) is -1.83. The molecular weight excluding hydrogens is 440 g/mol. The minimum absolute atomic E-state index is 0.0505. The van der Waals surface area contributed by atoms with Crippen LogP contribution in [-0.2, 0) is 13.9 Å². The quantitative estimate of drug-likeness (QED) is 0.365. The number of rotatable bonds is 7. The van der Waals surface area contributed by atoms with Gasteiger partial charge in [-0.2, -0.15) is 0 Å². The molecule has 9 heteroatoms. The molecule has 0 saturated heterocycles. The van der Waals surface area contributed by atoms with Gasteiger partial charge in [0, 0.05) is 6.20 Å². The third-order valence-corrected chi connectivity index (χ3v) is 9.80. The molecule has 1 amide bonds. The molecular formula is C24H36N2O6Si. The molecule has 182 valence electrons. The van der Waals surface area contributed by atoms with Crippen molar-refractivity contribution in [3.63, 3.8) is 0 Å². The van der Waals surface area contributed by atoms with Crippen molar-refractivity contribution >= 4 is 43.4 Å². The number of hydrogen-bond acceptors (Lipinski definition) is 7. The number of nitrogens with zero attached hydrogens (tertiary/aromatic N) is 1. The highest BCUT2D eigenvalue weighted by molar-refractivity contribution is 6.74. The number of carbonyl (C=O) groups is 2. The maximum atomic E-state index is 12.5. The van der Waals surface area contributed by atoms with E-state index in [-0.39, 0.29) is 23.1 Å². The number of pyridine rings is 1. The summed E-state index contributed by atoms with van der Waals surface area (Å²) < 4.78 is 22.3. The zero-order chi connectivity index (χ0) is 25.0. The first-order valence-corrected chi connectivity index (χ1v) is 14.0. The standard InChI is InChI=1S/C24H36N2O6Si/c1-10-29-21(27)18-19-17(31-20(18)26-22(28)32-23(2,3)4)14-16(15-25-19)12-11-13-30-33(8,9)24(5,6)7/h11-12,14-15H,10,13H2,1-9H3,(H,26,28). The SMILES string of the molecule is CCOC(=O)c1c(NC(=O)OC(C)(C)C)oc2cc(C=CCO[Si](C)(C)C(C)(C)C)cnc12. The Morgan fingerprint density at radius 1 is 1.18 bits per heavy atom. The van der Waals surface area contributed by atoms with Crippen LogP contribution in [-0.4, -0.2) is 44.2 Å². The Bertz CT molecular complexity index is 1030. The van der Waals surface area contributed by atoms with Gasteiger partial charge in [0.05, 0.1) is 13.2 Å². The van der Waals surface area contributed by atoms with E-state index in [1.807, 2.05) is 12.2 Å². The maximum Gasteiger partial charge on any atom is 0.414 e. The molecule has 0 spiro atoms. The molecule has 0 aliphatic heterocycles. The topological polar surface area (TPSA) is 99.9 Å². The van der Waals surface area contributed by atoms with Gasteiger partial charge in [-0.05, 0) is 57.5 Å². The van der Waals surface area contributed by atoms with E-state index in [9.17, 15) is 9.59 Å². The van der Waals surface area contributed by atoms with Crippen molar-refractivity contribution in [1.29, 1.82) is 0 Å². The highest BCUT2D eigenvalue weighted by Crippen LogP contribution is 2.36. The van der Waals surface area contributed by atoms with Gasteiger partial charge in [0.2, 0.25) is 5.88 Å². The van der Waals surface area contributed by atoms with Crippen LogP contribution in [0, 0.1) is 0 Å². The number of furan rings is 1. The number of esters is 1. The summed E-state index contributed by atoms with van der Waals surface area (Å²) in [4.78, 5) is 29.2. The second-order valence-electron chi connectivity index (χ2n) is 10.2. The monoisotopic (exact) mass is 476 g/mol. The van der Waals surface area contributed by atoms with E-state index in [1.165, 1.54) is 0 Å². The highest BCUT2D eigenvalue weighted by Gasteiger charge is 2.36. The van der Waals surface area contributed by atoms with E-state index in [1.54, 1.807) is 40.0 Å². The van der Waals surface area contributed by atoms with Gasteiger partial charge < -0.3 is 18.3 Å². The fourth-order valence-electron chi connectivity index (χ4n) is 2.62. The van der Waals surface area contributed by atoms with Crippen LogP contribution < -0.4 is 5.32 Å². The van der Waals surface area contributed by atoms with Gasteiger partial charge in [0.25, 0.3) is 0 Å². The Morgan fingerprint density at radius 2 is 1.85 bits per heavy atom. The summed E-state index contributed by atoms with van der Waals surface area (Å²) in [5, 5.41) is 2.63. The first-order valence-electron chi connectivity index (χ1n) is 11.0. The lowest BCUT2D eigenvalue weighted by Gasteiger charge is -2.35. The van der Waals surface area contributed by atoms with Crippen LogP contribution in [0.3, 0.4) is 0 Å². The molecule has 0 atom stereocenters. The predicted octanol–water partition coefficient (Wildman–Crippen LogP) is 6.39. The van der Waals surface area contributed by atoms with Crippen molar-refractivity contribution in [2.24, 2.45) is 0 Å². The third-order valence-electron chi connectivity index (χ3n) is 5.30. The molecule has 0 aromatic carbocycles. The second-order valence-corrected chi connectivity index (χ2v) is 15.1. The van der Waals surface area contributed by atoms with E-state index < -0.39 is 26.0 Å². The Morgan fingerprint density at radius 3 is 2.42 bits per heavy atom. The first-order chi connectivity index (χ1) is 15.1. The van der Waals surface area contributed by atoms with Crippen molar-refractivity contribution in [3.8, 4) is 0 Å². The lowest BCUT2D eigenvalue weighted by Crippen LogP contribution is -2.40. The van der Waals surface area contributed by atoms with Gasteiger partial charge in [-0.15, -0.1) is 0 Å². The molecule has 2 rings (SSSR count). The van der Waals surface area contributed by atoms with Crippen LogP contribution in [0.15, 0.2) is 22.8 Å². The number of carbonyl (C=O) groups excluding carboxylic acids is 2. The molecule has 0 aliphatic carbocycles. The van der Waals surface area contributed by atoms with E-state index in [0.717, 1.165) is 5.56 Å². The Labute approximate surface area is 196 Å². The number of fused-ring (bicyclic) bond motifs is 1. The van der Waals surface area contributed by atoms with Gasteiger partial charge in [0.1, 0.15) is 16.7 Å². The largest absolute Gasteiger partial charge is 0.462 e. The van der Waals surface area contributed by atoms with Gasteiger partial charge in [-0.25, -0.2) is 9.59 Å². The number of ether oxygens (including phenoxy) is 2. The van der Waals surface area contributed by atoms with E-state index in [0.29, 0.717) is 17.7 Å². The van der Waals surface area contributed by atoms with E-state index in [4.69, 9.17) is 18.3 Å². The van der Waals surface area contributed by atoms with Crippen LogP contribution in [0.2, 0.25) is 18.1 Å². The van der Waals surface area contributed by atoms with Crippen molar-refractivity contribution < 1.29 is 27.9 Å². The molecule has 0 saturated carbocycles. The summed E-state index contributed by atoms with van der Waals surface area (Å²) >= 11 is 0. The molecule has 2 heterocycles. The molecule has 0 unspecified atom stereocenters. The summed E-state index contributed by atoms with van der Waals surface area (Å²) in [6.07, 6.45) is 4.70. The lowest BCUT2D eigenvalue weighted by molar-refractivity contribution is 0.0529. The fraction of sp³-hybridized carbons (Fsp3) is 0.542. The number of anilines is 1. The zero-order valence-electron chi connectivity index (χ0n) is 21.1. The number of amides is 1. The van der Waals surface area contributed by atoms with E-state index >= 15 is 0 Å². The average Bonchev–Trinajstić information content (AvgIpc) is 2.99. The molecule has 2 aromatic rings. The van der Waals surface area contributed by atoms with Crippen molar-refractivity contribution in [2.45, 2.75) is 72.2 Å². The minimum Gasteiger partial charge on any atom is -0.462 e. The summed E-state index contributed by atoms with van der Waals surface area (Å²) in [6, 6.07) is 1.74. The second kappa shape index (κ2) is 10.1. The average molecular weight is 477 g/mol. The summed E-state index contributed by atoms with van der Waals surface area (Å²) in [6.45, 7) is 18.6. The molecule has 2 aromatic heterocycles. The van der Waals surface area contributed by atoms with Crippen LogP contribution in [0.4, 0.5) is 10.7 Å². The molecule has 0 bridgehead atoms. The maximum absolute atomic E-state index is 12.5. The van der Waals surface area contributed by atoms with Crippen molar-refractivity contribution in [1.82, 2.24) is 4.98 Å². The predicted molar refractivity (Wildman–Crippen MR) is 132 cm³/mol. The van der Waals surface area contributed by atoms with Gasteiger partial charge in [-0.3, -0.25) is 10.3 Å². The Kier molecular flexibility index (Phi) is 8.13.